The van der Waals surface area contributed by atoms with Crippen molar-refractivity contribution in [1.29, 1.82) is 0 Å². The van der Waals surface area contributed by atoms with Crippen LogP contribution in [0.1, 0.15) is 19.8 Å². The number of carbonyl (C=O) groups is 1. The molecule has 1 aliphatic rings. The number of amides is 1. The average molecular weight is 551 g/mol. The lowest BCUT2D eigenvalue weighted by Gasteiger charge is -2.21. The van der Waals surface area contributed by atoms with Crippen LogP contribution in [0.25, 0.3) is 16.9 Å². The number of halogens is 1. The minimum absolute atomic E-state index is 0.0993. The Morgan fingerprint density at radius 3 is 2.50 bits per heavy atom. The minimum atomic E-state index is -3.88. The summed E-state index contributed by atoms with van der Waals surface area (Å²) in [5.41, 5.74) is 2.29. The number of hydrogen-bond acceptors (Lipinski definition) is 5. The largest absolute Gasteiger partial charge is 0.494 e. The van der Waals surface area contributed by atoms with E-state index in [9.17, 15) is 13.2 Å². The van der Waals surface area contributed by atoms with Crippen LogP contribution in [0.4, 0.5) is 5.95 Å². The zero-order valence-corrected chi connectivity index (χ0v) is 22.3. The zero-order chi connectivity index (χ0) is 26.7. The number of sulfonamides is 1. The molecule has 1 aliphatic carbocycles. The first kappa shape index (κ1) is 26.0. The lowest BCUT2D eigenvalue weighted by molar-refractivity contribution is -0.116. The first-order valence-electron chi connectivity index (χ1n) is 12.3. The van der Waals surface area contributed by atoms with E-state index in [0.29, 0.717) is 35.9 Å². The summed E-state index contributed by atoms with van der Waals surface area (Å²) in [6.07, 6.45) is 3.24. The molecule has 38 heavy (non-hydrogen) atoms. The van der Waals surface area contributed by atoms with E-state index in [4.69, 9.17) is 16.3 Å². The molecule has 0 bridgehead atoms. The Labute approximate surface area is 226 Å². The highest BCUT2D eigenvalue weighted by Gasteiger charge is 2.39. The fraction of sp³-hybridized carbons (Fsp3) is 0.214. The van der Waals surface area contributed by atoms with E-state index >= 15 is 0 Å². The predicted octanol–water partition coefficient (Wildman–Crippen LogP) is 5.38. The average Bonchev–Trinajstić information content (AvgIpc) is 3.67. The number of nitrogens with zero attached hydrogens (tertiary/aromatic N) is 3. The first-order valence-corrected chi connectivity index (χ1v) is 14.1. The normalized spacial score (nSPS) is 13.4. The van der Waals surface area contributed by atoms with Crippen molar-refractivity contribution in [2.45, 2.75) is 30.7 Å². The van der Waals surface area contributed by atoms with Crippen LogP contribution in [0.2, 0.25) is 5.02 Å². The molecule has 0 spiro atoms. The van der Waals surface area contributed by atoms with Crippen LogP contribution in [0, 0.1) is 0 Å². The molecule has 1 aromatic heterocycles. The smallest absolute Gasteiger partial charge is 0.243 e. The van der Waals surface area contributed by atoms with Crippen molar-refractivity contribution >= 4 is 33.5 Å². The number of nitrogens with one attached hydrogen (secondary N) is 1. The topological polar surface area (TPSA) is 93.5 Å². The number of carbonyl (C=O) groups excluding carboxylic acids is 1. The molecule has 1 saturated carbocycles. The number of anilines is 1. The zero-order valence-electron chi connectivity index (χ0n) is 20.7. The van der Waals surface area contributed by atoms with Gasteiger partial charge in [0.1, 0.15) is 5.75 Å². The van der Waals surface area contributed by atoms with Crippen LogP contribution in [0.3, 0.4) is 0 Å². The maximum Gasteiger partial charge on any atom is 0.243 e. The number of hydrogen-bond donors (Lipinski definition) is 1. The van der Waals surface area contributed by atoms with Crippen LogP contribution < -0.4 is 10.1 Å². The number of rotatable bonds is 10. The van der Waals surface area contributed by atoms with Gasteiger partial charge >= 0.3 is 0 Å². The molecule has 1 amide bonds. The van der Waals surface area contributed by atoms with Crippen molar-refractivity contribution in [2.24, 2.45) is 0 Å². The molecule has 0 aliphatic heterocycles. The molecule has 1 fully saturated rings. The van der Waals surface area contributed by atoms with Gasteiger partial charge in [0.15, 0.2) is 0 Å². The lowest BCUT2D eigenvalue weighted by atomic mass is 10.2. The highest BCUT2D eigenvalue weighted by atomic mass is 35.5. The molecule has 8 nitrogen and oxygen atoms in total. The van der Waals surface area contributed by atoms with Crippen LogP contribution in [-0.2, 0) is 14.8 Å². The summed E-state index contributed by atoms with van der Waals surface area (Å²) in [4.78, 5) is 18.0. The number of ether oxygens (including phenoxy) is 1. The molecule has 1 heterocycles. The van der Waals surface area contributed by atoms with Crippen molar-refractivity contribution in [3.8, 4) is 22.7 Å². The second-order valence-corrected chi connectivity index (χ2v) is 11.2. The van der Waals surface area contributed by atoms with E-state index in [1.807, 2.05) is 67.7 Å². The fourth-order valence-corrected chi connectivity index (χ4v) is 5.89. The molecular formula is C28H27ClN4O4S. The van der Waals surface area contributed by atoms with Gasteiger partial charge in [-0.3, -0.25) is 14.7 Å². The molecular weight excluding hydrogens is 524 g/mol. The Morgan fingerprint density at radius 1 is 1.08 bits per heavy atom. The van der Waals surface area contributed by atoms with Gasteiger partial charge in [0.25, 0.3) is 0 Å². The predicted molar refractivity (Wildman–Crippen MR) is 147 cm³/mol. The summed E-state index contributed by atoms with van der Waals surface area (Å²) in [5, 5.41) is 3.28. The monoisotopic (exact) mass is 550 g/mol. The number of imidazole rings is 1. The van der Waals surface area contributed by atoms with Crippen molar-refractivity contribution in [1.82, 2.24) is 13.9 Å². The second kappa shape index (κ2) is 11.0. The van der Waals surface area contributed by atoms with Crippen LogP contribution in [0.15, 0.2) is 90.0 Å². The fourth-order valence-electron chi connectivity index (χ4n) is 4.12. The van der Waals surface area contributed by atoms with Crippen molar-refractivity contribution in [3.63, 3.8) is 0 Å². The molecule has 0 unspecified atom stereocenters. The molecule has 0 atom stereocenters. The van der Waals surface area contributed by atoms with Gasteiger partial charge in [0, 0.05) is 28.9 Å². The first-order chi connectivity index (χ1) is 18.3. The van der Waals surface area contributed by atoms with Crippen molar-refractivity contribution in [3.05, 3.63) is 90.1 Å². The highest BCUT2D eigenvalue weighted by molar-refractivity contribution is 7.89. The van der Waals surface area contributed by atoms with Crippen LogP contribution in [0.5, 0.6) is 5.75 Å². The Balaban J connectivity index is 1.44. The van der Waals surface area contributed by atoms with E-state index in [0.717, 1.165) is 11.3 Å². The van der Waals surface area contributed by atoms with Crippen molar-refractivity contribution in [2.75, 3.05) is 18.5 Å². The summed E-state index contributed by atoms with van der Waals surface area (Å²) in [5.74, 6) is 0.482. The third-order valence-corrected chi connectivity index (χ3v) is 8.27. The third kappa shape index (κ3) is 5.75. The summed E-state index contributed by atoms with van der Waals surface area (Å²) < 4.78 is 35.4. The minimum Gasteiger partial charge on any atom is -0.494 e. The summed E-state index contributed by atoms with van der Waals surface area (Å²) >= 11 is 5.94. The molecule has 1 N–H and O–H groups in total. The highest BCUT2D eigenvalue weighted by Crippen LogP contribution is 2.32. The van der Waals surface area contributed by atoms with E-state index in [2.05, 4.69) is 10.3 Å². The van der Waals surface area contributed by atoms with Gasteiger partial charge in [-0.05, 0) is 56.2 Å². The standard InChI is InChI=1S/C28H27ClN4O4S/c1-2-37-24-10-6-9-23(17-24)32-18-26(20-7-4-3-5-8-20)30-28(32)31-27(34)19-33(22-13-14-22)38(35,36)25-15-11-21(29)12-16-25/h3-12,15-18,22H,2,13-14,19H2,1H3,(H,30,31,34). The molecule has 3 aromatic carbocycles. The Bertz CT molecular complexity index is 1530. The maximum absolute atomic E-state index is 13.4. The Morgan fingerprint density at radius 2 is 1.82 bits per heavy atom. The molecule has 10 heteroatoms. The van der Waals surface area contributed by atoms with Crippen LogP contribution in [-0.4, -0.2) is 47.4 Å². The van der Waals surface area contributed by atoms with E-state index < -0.39 is 15.9 Å². The molecule has 0 saturated heterocycles. The second-order valence-electron chi connectivity index (χ2n) is 8.90. The van der Waals surface area contributed by atoms with E-state index in [1.54, 1.807) is 4.57 Å². The quantitative estimate of drug-likeness (QED) is 0.286. The number of benzene rings is 3. The lowest BCUT2D eigenvalue weighted by Crippen LogP contribution is -2.39. The Kier molecular flexibility index (Phi) is 7.51. The summed E-state index contributed by atoms with van der Waals surface area (Å²) in [6.45, 7) is 2.10. The summed E-state index contributed by atoms with van der Waals surface area (Å²) in [6, 6.07) is 22.8. The van der Waals surface area contributed by atoms with Gasteiger partial charge < -0.3 is 4.74 Å². The van der Waals surface area contributed by atoms with Gasteiger partial charge in [0.05, 0.1) is 29.4 Å². The summed E-state index contributed by atoms with van der Waals surface area (Å²) in [7, 11) is -3.88. The molecule has 4 aromatic rings. The van der Waals surface area contributed by atoms with Gasteiger partial charge in [-0.25, -0.2) is 13.4 Å². The van der Waals surface area contributed by atoms with Gasteiger partial charge in [0.2, 0.25) is 21.9 Å². The Hall–Kier alpha value is -3.66. The SMILES string of the molecule is CCOc1cccc(-n2cc(-c3ccccc3)nc2NC(=O)CN(C2CC2)S(=O)(=O)c2ccc(Cl)cc2)c1. The maximum atomic E-state index is 13.4. The number of aromatic nitrogens is 2. The van der Waals surface area contributed by atoms with Gasteiger partial charge in [-0.2, -0.15) is 4.31 Å². The molecule has 0 radical (unpaired) electrons. The van der Waals surface area contributed by atoms with E-state index in [-0.39, 0.29) is 23.4 Å². The van der Waals surface area contributed by atoms with Gasteiger partial charge in [-0.1, -0.05) is 48.0 Å². The third-order valence-electron chi connectivity index (χ3n) is 6.11. The van der Waals surface area contributed by atoms with Gasteiger partial charge in [-0.15, -0.1) is 0 Å². The van der Waals surface area contributed by atoms with Crippen LogP contribution >= 0.6 is 11.6 Å². The molecule has 196 valence electrons. The van der Waals surface area contributed by atoms with Crippen molar-refractivity contribution < 1.29 is 17.9 Å². The molecule has 5 rings (SSSR count). The van der Waals surface area contributed by atoms with E-state index in [1.165, 1.54) is 28.6 Å².